The van der Waals surface area contributed by atoms with Gasteiger partial charge in [-0.05, 0) is 31.4 Å². The zero-order valence-electron chi connectivity index (χ0n) is 12.3. The van der Waals surface area contributed by atoms with E-state index in [-0.39, 0.29) is 0 Å². The summed E-state index contributed by atoms with van der Waals surface area (Å²) < 4.78 is 16.8. The van der Waals surface area contributed by atoms with E-state index in [9.17, 15) is 0 Å². The van der Waals surface area contributed by atoms with Gasteiger partial charge in [-0.25, -0.2) is 0 Å². The zero-order chi connectivity index (χ0) is 14.0. The topological polar surface area (TPSA) is 39.7 Å². The molecule has 0 amide bonds. The fourth-order valence-electron chi connectivity index (χ4n) is 2.23. The lowest BCUT2D eigenvalue weighted by Gasteiger charge is -2.23. The fourth-order valence-corrected chi connectivity index (χ4v) is 2.23. The van der Waals surface area contributed by atoms with E-state index in [4.69, 9.17) is 14.2 Å². The van der Waals surface area contributed by atoms with Gasteiger partial charge in [0.05, 0.1) is 6.61 Å². The van der Waals surface area contributed by atoms with Gasteiger partial charge in [0.25, 0.3) is 0 Å². The maximum absolute atomic E-state index is 5.81. The molecule has 1 aliphatic heterocycles. The van der Waals surface area contributed by atoms with Crippen molar-refractivity contribution >= 4 is 0 Å². The predicted octanol–water partition coefficient (Wildman–Crippen LogP) is 2.62. The molecular weight excluding hydrogens is 254 g/mol. The Labute approximate surface area is 121 Å². The maximum Gasteiger partial charge on any atom is 0.161 e. The molecule has 2 rings (SSSR count). The molecule has 20 heavy (non-hydrogen) atoms. The molecule has 1 aromatic rings. The van der Waals surface area contributed by atoms with Crippen molar-refractivity contribution in [3.05, 3.63) is 24.3 Å². The summed E-state index contributed by atoms with van der Waals surface area (Å²) in [6, 6.07) is 8.42. The van der Waals surface area contributed by atoms with Gasteiger partial charge in [0, 0.05) is 25.8 Å². The van der Waals surface area contributed by atoms with Crippen LogP contribution in [0.5, 0.6) is 11.5 Å². The van der Waals surface area contributed by atoms with Gasteiger partial charge in [-0.1, -0.05) is 19.1 Å². The van der Waals surface area contributed by atoms with E-state index in [0.29, 0.717) is 12.6 Å². The highest BCUT2D eigenvalue weighted by molar-refractivity contribution is 5.39. The van der Waals surface area contributed by atoms with Crippen LogP contribution in [0.3, 0.4) is 0 Å². The Hall–Kier alpha value is -1.26. The zero-order valence-corrected chi connectivity index (χ0v) is 12.3. The average molecular weight is 279 g/mol. The molecule has 0 unspecified atom stereocenters. The van der Waals surface area contributed by atoms with Crippen molar-refractivity contribution in [2.45, 2.75) is 32.2 Å². The van der Waals surface area contributed by atoms with Crippen LogP contribution in [0.15, 0.2) is 24.3 Å². The van der Waals surface area contributed by atoms with Crippen LogP contribution < -0.4 is 14.8 Å². The summed E-state index contributed by atoms with van der Waals surface area (Å²) in [6.07, 6.45) is 3.19. The van der Waals surface area contributed by atoms with Crippen LogP contribution in [0.25, 0.3) is 0 Å². The SMILES string of the molecule is CCCOc1ccccc1OCCNC1CCOCC1. The maximum atomic E-state index is 5.81. The molecule has 1 aromatic carbocycles. The molecule has 0 saturated carbocycles. The van der Waals surface area contributed by atoms with E-state index in [2.05, 4.69) is 12.2 Å². The molecule has 0 aromatic heterocycles. The van der Waals surface area contributed by atoms with Crippen LogP contribution in [-0.4, -0.2) is 39.0 Å². The summed E-state index contributed by atoms with van der Waals surface area (Å²) in [5.41, 5.74) is 0. The Morgan fingerprint density at radius 3 is 2.40 bits per heavy atom. The summed E-state index contributed by atoms with van der Waals surface area (Å²) in [4.78, 5) is 0. The Morgan fingerprint density at radius 1 is 1.10 bits per heavy atom. The second-order valence-corrected chi connectivity index (χ2v) is 4.98. The third-order valence-electron chi connectivity index (χ3n) is 3.32. The Morgan fingerprint density at radius 2 is 1.75 bits per heavy atom. The number of hydrogen-bond donors (Lipinski definition) is 1. The molecule has 0 aliphatic carbocycles. The lowest BCUT2D eigenvalue weighted by atomic mass is 10.1. The molecule has 1 aliphatic rings. The van der Waals surface area contributed by atoms with Crippen LogP contribution in [0, 0.1) is 0 Å². The number of rotatable bonds is 8. The summed E-state index contributed by atoms with van der Waals surface area (Å²) in [6.45, 7) is 6.07. The van der Waals surface area contributed by atoms with Crippen LogP contribution in [0.2, 0.25) is 0 Å². The number of benzene rings is 1. The molecule has 4 nitrogen and oxygen atoms in total. The van der Waals surface area contributed by atoms with E-state index >= 15 is 0 Å². The molecule has 1 saturated heterocycles. The summed E-state index contributed by atoms with van der Waals surface area (Å²) in [5.74, 6) is 1.66. The molecule has 4 heteroatoms. The lowest BCUT2D eigenvalue weighted by Crippen LogP contribution is -2.37. The van der Waals surface area contributed by atoms with Gasteiger partial charge in [0.15, 0.2) is 11.5 Å². The highest BCUT2D eigenvalue weighted by Crippen LogP contribution is 2.26. The van der Waals surface area contributed by atoms with E-state index in [1.54, 1.807) is 0 Å². The highest BCUT2D eigenvalue weighted by atomic mass is 16.5. The van der Waals surface area contributed by atoms with Crippen LogP contribution >= 0.6 is 0 Å². The predicted molar refractivity (Wildman–Crippen MR) is 79.6 cm³/mol. The summed E-state index contributed by atoms with van der Waals surface area (Å²) >= 11 is 0. The largest absolute Gasteiger partial charge is 0.490 e. The van der Waals surface area contributed by atoms with Crippen molar-refractivity contribution in [3.8, 4) is 11.5 Å². The Balaban J connectivity index is 1.70. The minimum Gasteiger partial charge on any atom is -0.490 e. The van der Waals surface area contributed by atoms with Gasteiger partial charge in [0.1, 0.15) is 6.61 Å². The molecule has 1 fully saturated rings. The van der Waals surface area contributed by atoms with Crippen molar-refractivity contribution in [3.63, 3.8) is 0 Å². The van der Waals surface area contributed by atoms with Crippen molar-refractivity contribution in [2.24, 2.45) is 0 Å². The van der Waals surface area contributed by atoms with E-state index in [1.165, 1.54) is 0 Å². The first kappa shape index (κ1) is 15.1. The lowest BCUT2D eigenvalue weighted by molar-refractivity contribution is 0.0770. The summed E-state index contributed by atoms with van der Waals surface area (Å²) in [7, 11) is 0. The van der Waals surface area contributed by atoms with Crippen molar-refractivity contribution < 1.29 is 14.2 Å². The third-order valence-corrected chi connectivity index (χ3v) is 3.32. The molecular formula is C16H25NO3. The van der Waals surface area contributed by atoms with Crippen LogP contribution in [-0.2, 0) is 4.74 Å². The number of hydrogen-bond acceptors (Lipinski definition) is 4. The normalized spacial score (nSPS) is 16.1. The molecule has 1 N–H and O–H groups in total. The smallest absolute Gasteiger partial charge is 0.161 e. The van der Waals surface area contributed by atoms with Crippen LogP contribution in [0.1, 0.15) is 26.2 Å². The minimum absolute atomic E-state index is 0.568. The van der Waals surface area contributed by atoms with Gasteiger partial charge < -0.3 is 19.5 Å². The quantitative estimate of drug-likeness (QED) is 0.743. The highest BCUT2D eigenvalue weighted by Gasteiger charge is 2.12. The van der Waals surface area contributed by atoms with E-state index in [1.807, 2.05) is 24.3 Å². The Kier molecular flexibility index (Phi) is 6.68. The van der Waals surface area contributed by atoms with Gasteiger partial charge in [0.2, 0.25) is 0 Å². The standard InChI is InChI=1S/C16H25NO3/c1-2-10-19-15-5-3-4-6-16(15)20-13-9-17-14-7-11-18-12-8-14/h3-6,14,17H,2,7-13H2,1H3. The average Bonchev–Trinajstić information content (AvgIpc) is 2.51. The molecule has 1 heterocycles. The Bertz CT molecular complexity index is 378. The number of ether oxygens (including phenoxy) is 3. The molecule has 0 radical (unpaired) electrons. The van der Waals surface area contributed by atoms with E-state index < -0.39 is 0 Å². The van der Waals surface area contributed by atoms with Gasteiger partial charge in [-0.15, -0.1) is 0 Å². The fraction of sp³-hybridized carbons (Fsp3) is 0.625. The number of para-hydroxylation sites is 2. The first-order valence-electron chi connectivity index (χ1n) is 7.56. The molecule has 0 bridgehead atoms. The second kappa shape index (κ2) is 8.82. The van der Waals surface area contributed by atoms with Crippen LogP contribution in [0.4, 0.5) is 0 Å². The third kappa shape index (κ3) is 5.02. The first-order valence-corrected chi connectivity index (χ1v) is 7.56. The van der Waals surface area contributed by atoms with Gasteiger partial charge in [-0.2, -0.15) is 0 Å². The molecule has 0 spiro atoms. The summed E-state index contributed by atoms with van der Waals surface area (Å²) in [5, 5.41) is 3.51. The van der Waals surface area contributed by atoms with Crippen molar-refractivity contribution in [2.75, 3.05) is 33.0 Å². The molecule has 0 atom stereocenters. The number of nitrogens with one attached hydrogen (secondary N) is 1. The van der Waals surface area contributed by atoms with Crippen molar-refractivity contribution in [1.29, 1.82) is 0 Å². The second-order valence-electron chi connectivity index (χ2n) is 4.98. The molecule has 112 valence electrons. The monoisotopic (exact) mass is 279 g/mol. The first-order chi connectivity index (χ1) is 9.90. The van der Waals surface area contributed by atoms with Gasteiger partial charge in [-0.3, -0.25) is 0 Å². The van der Waals surface area contributed by atoms with Crippen molar-refractivity contribution in [1.82, 2.24) is 5.32 Å². The minimum atomic E-state index is 0.568. The van der Waals surface area contributed by atoms with E-state index in [0.717, 1.165) is 57.1 Å². The van der Waals surface area contributed by atoms with Gasteiger partial charge >= 0.3 is 0 Å².